The Morgan fingerprint density at radius 3 is 2.65 bits per heavy atom. The van der Waals surface area contributed by atoms with Crippen LogP contribution < -0.4 is 0 Å². The molecule has 0 fully saturated rings. The van der Waals surface area contributed by atoms with Gasteiger partial charge in [-0.15, -0.1) is 0 Å². The summed E-state index contributed by atoms with van der Waals surface area (Å²) in [6, 6.07) is 11.1. The number of imidazole rings is 1. The highest BCUT2D eigenvalue weighted by Gasteiger charge is 2.16. The summed E-state index contributed by atoms with van der Waals surface area (Å²) in [5.74, 6) is 0. The monoisotopic (exact) mass is 248 g/mol. The lowest BCUT2D eigenvalue weighted by Gasteiger charge is -1.96. The van der Waals surface area contributed by atoms with Crippen LogP contribution in [0.5, 0.6) is 0 Å². The van der Waals surface area contributed by atoms with E-state index in [1.54, 1.807) is 6.07 Å². The van der Waals surface area contributed by atoms with Gasteiger partial charge in [0, 0.05) is 5.39 Å². The van der Waals surface area contributed by atoms with Crippen LogP contribution in [0.2, 0.25) is 0 Å². The van der Waals surface area contributed by atoms with E-state index in [0.717, 1.165) is 10.8 Å². The Morgan fingerprint density at radius 1 is 1.12 bits per heavy atom. The van der Waals surface area contributed by atoms with Crippen LogP contribution in [0.4, 0.5) is 0 Å². The minimum absolute atomic E-state index is 0.427. The molecule has 3 rings (SSSR count). The zero-order valence-corrected chi connectivity index (χ0v) is 9.40. The maximum Gasteiger partial charge on any atom is 0.328 e. The molecule has 86 valence electrons. The summed E-state index contributed by atoms with van der Waals surface area (Å²) in [7, 11) is -4.30. The number of benzene rings is 2. The largest absolute Gasteiger partial charge is 0.328 e. The van der Waals surface area contributed by atoms with Crippen molar-refractivity contribution in [1.29, 1.82) is 0 Å². The molecular weight excluding hydrogens is 240 g/mol. The van der Waals surface area contributed by atoms with E-state index < -0.39 is 15.3 Å². The third-order valence-corrected chi connectivity index (χ3v) is 3.28. The summed E-state index contributed by atoms with van der Waals surface area (Å²) >= 11 is 0. The topological polar surface area (TPSA) is 83.1 Å². The van der Waals surface area contributed by atoms with Crippen molar-refractivity contribution < 1.29 is 13.0 Å². The van der Waals surface area contributed by atoms with Gasteiger partial charge in [-0.05, 0) is 11.5 Å². The Bertz CT molecular complexity index is 821. The van der Waals surface area contributed by atoms with Crippen LogP contribution in [0.25, 0.3) is 21.8 Å². The van der Waals surface area contributed by atoms with Crippen molar-refractivity contribution in [2.24, 2.45) is 0 Å². The first-order valence-corrected chi connectivity index (χ1v) is 6.35. The maximum absolute atomic E-state index is 11.0. The second-order valence-electron chi connectivity index (χ2n) is 3.70. The second-order valence-corrected chi connectivity index (χ2v) is 5.04. The predicted molar refractivity (Wildman–Crippen MR) is 63.4 cm³/mol. The number of rotatable bonds is 1. The number of aromatic nitrogens is 2. The van der Waals surface area contributed by atoms with Crippen molar-refractivity contribution >= 4 is 31.9 Å². The summed E-state index contributed by atoms with van der Waals surface area (Å²) in [5.41, 5.74) is 1.12. The quantitative estimate of drug-likeness (QED) is 0.645. The number of fused-ring (bicyclic) bond motifs is 3. The first-order valence-electron chi connectivity index (χ1n) is 4.91. The Morgan fingerprint density at radius 2 is 1.88 bits per heavy atom. The molecule has 0 saturated carbocycles. The number of nitrogens with one attached hydrogen (secondary N) is 1. The summed E-state index contributed by atoms with van der Waals surface area (Å²) < 4.78 is 30.9. The number of nitrogens with zero attached hydrogens (tertiary/aromatic N) is 1. The van der Waals surface area contributed by atoms with Gasteiger partial charge in [0.15, 0.2) is 0 Å². The van der Waals surface area contributed by atoms with E-state index in [1.165, 1.54) is 0 Å². The van der Waals surface area contributed by atoms with Gasteiger partial charge in [0.1, 0.15) is 0 Å². The van der Waals surface area contributed by atoms with Crippen LogP contribution in [-0.4, -0.2) is 22.9 Å². The zero-order valence-electron chi connectivity index (χ0n) is 8.58. The van der Waals surface area contributed by atoms with E-state index >= 15 is 0 Å². The Hall–Kier alpha value is -1.92. The Labute approximate surface area is 96.9 Å². The Kier molecular flexibility index (Phi) is 1.98. The molecule has 5 nitrogen and oxygen atoms in total. The number of H-pyrrole nitrogens is 1. The highest BCUT2D eigenvalue weighted by molar-refractivity contribution is 7.85. The van der Waals surface area contributed by atoms with E-state index in [-0.39, 0.29) is 0 Å². The summed E-state index contributed by atoms with van der Waals surface area (Å²) in [6.45, 7) is 0. The molecule has 3 aromatic rings. The van der Waals surface area contributed by atoms with Crippen molar-refractivity contribution in [2.75, 3.05) is 0 Å². The molecule has 0 saturated heterocycles. The predicted octanol–water partition coefficient (Wildman–Crippen LogP) is 1.96. The van der Waals surface area contributed by atoms with E-state index in [0.29, 0.717) is 11.0 Å². The van der Waals surface area contributed by atoms with Crippen molar-refractivity contribution in [2.45, 2.75) is 5.16 Å². The first kappa shape index (κ1) is 10.2. The van der Waals surface area contributed by atoms with Crippen LogP contribution in [-0.2, 0) is 10.1 Å². The third kappa shape index (κ3) is 1.58. The smallest absolute Gasteiger partial charge is 0.327 e. The van der Waals surface area contributed by atoms with Gasteiger partial charge < -0.3 is 4.98 Å². The highest BCUT2D eigenvalue weighted by Crippen LogP contribution is 2.24. The molecule has 0 aliphatic heterocycles. The standard InChI is InChI=1S/C11H8N2O3S/c14-17(15,16)11-12-9-6-5-7-3-1-2-4-8(7)10(9)13-11/h1-6H,(H,12,13)(H,14,15,16). The summed E-state index contributed by atoms with van der Waals surface area (Å²) in [6.07, 6.45) is 0. The zero-order chi connectivity index (χ0) is 12.0. The van der Waals surface area contributed by atoms with Gasteiger partial charge >= 0.3 is 10.1 Å². The van der Waals surface area contributed by atoms with Crippen molar-refractivity contribution in [3.8, 4) is 0 Å². The lowest BCUT2D eigenvalue weighted by atomic mass is 10.1. The Balaban J connectivity index is 2.47. The van der Waals surface area contributed by atoms with E-state index in [1.807, 2.05) is 30.3 Å². The molecule has 2 N–H and O–H groups in total. The fourth-order valence-corrected chi connectivity index (χ4v) is 2.29. The van der Waals surface area contributed by atoms with Gasteiger partial charge in [0.25, 0.3) is 5.16 Å². The van der Waals surface area contributed by atoms with Gasteiger partial charge in [0.2, 0.25) is 0 Å². The molecular formula is C11H8N2O3S. The second kappa shape index (κ2) is 3.28. The lowest BCUT2D eigenvalue weighted by Crippen LogP contribution is -1.99. The molecule has 0 bridgehead atoms. The van der Waals surface area contributed by atoms with Gasteiger partial charge in [-0.3, -0.25) is 4.55 Å². The summed E-state index contributed by atoms with van der Waals surface area (Å²) in [5, 5.41) is 1.38. The van der Waals surface area contributed by atoms with Crippen LogP contribution in [0.15, 0.2) is 41.6 Å². The van der Waals surface area contributed by atoms with Gasteiger partial charge in [-0.25, -0.2) is 4.98 Å². The molecule has 6 heteroatoms. The fraction of sp³-hybridized carbons (Fsp3) is 0. The minimum Gasteiger partial charge on any atom is -0.327 e. The number of hydrogen-bond donors (Lipinski definition) is 2. The normalized spacial score (nSPS) is 12.3. The average molecular weight is 248 g/mol. The lowest BCUT2D eigenvalue weighted by molar-refractivity contribution is 0.476. The molecule has 1 heterocycles. The van der Waals surface area contributed by atoms with E-state index in [2.05, 4.69) is 9.97 Å². The molecule has 0 unspecified atom stereocenters. The average Bonchev–Trinajstić information content (AvgIpc) is 2.72. The van der Waals surface area contributed by atoms with Gasteiger partial charge in [-0.1, -0.05) is 30.3 Å². The molecule has 0 spiro atoms. The summed E-state index contributed by atoms with van der Waals surface area (Å²) in [4.78, 5) is 6.50. The minimum atomic E-state index is -4.30. The van der Waals surface area contributed by atoms with Crippen LogP contribution in [0.1, 0.15) is 0 Å². The fourth-order valence-electron chi connectivity index (χ4n) is 1.84. The molecule has 0 amide bonds. The molecule has 0 aliphatic carbocycles. The molecule has 1 aromatic heterocycles. The maximum atomic E-state index is 11.0. The molecule has 0 radical (unpaired) electrons. The molecule has 2 aromatic carbocycles. The van der Waals surface area contributed by atoms with Crippen LogP contribution >= 0.6 is 0 Å². The number of hydrogen-bond acceptors (Lipinski definition) is 3. The van der Waals surface area contributed by atoms with Gasteiger partial charge in [-0.2, -0.15) is 8.42 Å². The van der Waals surface area contributed by atoms with Crippen LogP contribution in [0, 0.1) is 0 Å². The number of aromatic amines is 1. The first-order chi connectivity index (χ1) is 8.05. The van der Waals surface area contributed by atoms with Crippen molar-refractivity contribution in [1.82, 2.24) is 9.97 Å². The molecule has 17 heavy (non-hydrogen) atoms. The van der Waals surface area contributed by atoms with E-state index in [4.69, 9.17) is 4.55 Å². The molecule has 0 atom stereocenters. The highest BCUT2D eigenvalue weighted by atomic mass is 32.2. The third-order valence-electron chi connectivity index (χ3n) is 2.60. The molecule has 0 aliphatic rings. The van der Waals surface area contributed by atoms with Crippen LogP contribution in [0.3, 0.4) is 0 Å². The SMILES string of the molecule is O=S(=O)(O)c1nc2c(ccc3ccccc32)[nH]1. The van der Waals surface area contributed by atoms with Gasteiger partial charge in [0.05, 0.1) is 11.0 Å². The van der Waals surface area contributed by atoms with Crippen molar-refractivity contribution in [3.63, 3.8) is 0 Å². The van der Waals surface area contributed by atoms with E-state index in [9.17, 15) is 8.42 Å². The van der Waals surface area contributed by atoms with Crippen molar-refractivity contribution in [3.05, 3.63) is 36.4 Å².